The predicted octanol–water partition coefficient (Wildman–Crippen LogP) is 4.07. The minimum Gasteiger partial charge on any atom is -0.415 e. The molecule has 5 heteroatoms. The van der Waals surface area contributed by atoms with E-state index in [2.05, 4.69) is 4.98 Å². The van der Waals surface area contributed by atoms with Gasteiger partial charge in [0.15, 0.2) is 5.82 Å². The SMILES string of the molecule is COn1c(-c2ccccc2Cl)nc2ccc(Cl)cc21. The van der Waals surface area contributed by atoms with Gasteiger partial charge in [0.25, 0.3) is 0 Å². The highest BCUT2D eigenvalue weighted by molar-refractivity contribution is 6.33. The Morgan fingerprint density at radius 2 is 1.89 bits per heavy atom. The highest BCUT2D eigenvalue weighted by Crippen LogP contribution is 2.30. The van der Waals surface area contributed by atoms with Crippen molar-refractivity contribution in [1.29, 1.82) is 0 Å². The summed E-state index contributed by atoms with van der Waals surface area (Å²) in [6, 6.07) is 13.0. The predicted molar refractivity (Wildman–Crippen MR) is 77.7 cm³/mol. The molecule has 0 unspecified atom stereocenters. The van der Waals surface area contributed by atoms with E-state index in [1.165, 1.54) is 0 Å². The molecule has 19 heavy (non-hydrogen) atoms. The third-order valence-electron chi connectivity index (χ3n) is 2.87. The summed E-state index contributed by atoms with van der Waals surface area (Å²) in [5, 5.41) is 1.26. The molecule has 0 amide bonds. The number of rotatable bonds is 2. The molecule has 3 nitrogen and oxygen atoms in total. The fourth-order valence-electron chi connectivity index (χ4n) is 2.02. The third kappa shape index (κ3) is 2.05. The average Bonchev–Trinajstić information content (AvgIpc) is 2.76. The standard InChI is InChI=1S/C14H10Cl2N2O/c1-19-18-13-8-9(15)6-7-12(13)17-14(18)10-4-2-3-5-11(10)16/h2-8H,1H3. The molecule has 1 heterocycles. The molecular weight excluding hydrogens is 283 g/mol. The Labute approximate surface area is 120 Å². The van der Waals surface area contributed by atoms with Gasteiger partial charge in [-0.1, -0.05) is 35.3 Å². The van der Waals surface area contributed by atoms with Gasteiger partial charge in [0.2, 0.25) is 0 Å². The number of nitrogens with zero attached hydrogens (tertiary/aromatic N) is 2. The maximum Gasteiger partial charge on any atom is 0.178 e. The van der Waals surface area contributed by atoms with Crippen molar-refractivity contribution in [2.45, 2.75) is 0 Å². The van der Waals surface area contributed by atoms with Gasteiger partial charge in [-0.05, 0) is 30.3 Å². The maximum absolute atomic E-state index is 6.21. The molecule has 0 radical (unpaired) electrons. The Morgan fingerprint density at radius 3 is 2.63 bits per heavy atom. The highest BCUT2D eigenvalue weighted by Gasteiger charge is 2.15. The van der Waals surface area contributed by atoms with Crippen molar-refractivity contribution < 1.29 is 4.84 Å². The monoisotopic (exact) mass is 292 g/mol. The molecule has 3 aromatic rings. The summed E-state index contributed by atoms with van der Waals surface area (Å²) in [5.41, 5.74) is 2.43. The fraction of sp³-hybridized carbons (Fsp3) is 0.0714. The van der Waals surface area contributed by atoms with E-state index in [9.17, 15) is 0 Å². The Hall–Kier alpha value is -1.71. The molecule has 0 atom stereocenters. The Bertz CT molecular complexity index is 752. The largest absolute Gasteiger partial charge is 0.415 e. The topological polar surface area (TPSA) is 27.1 Å². The van der Waals surface area contributed by atoms with Crippen LogP contribution in [0.15, 0.2) is 42.5 Å². The molecule has 0 N–H and O–H groups in total. The summed E-state index contributed by atoms with van der Waals surface area (Å²) in [5.74, 6) is 0.658. The van der Waals surface area contributed by atoms with Crippen LogP contribution in [0.25, 0.3) is 22.4 Å². The number of imidazole rings is 1. The summed E-state index contributed by atoms with van der Waals surface area (Å²) >= 11 is 12.2. The van der Waals surface area contributed by atoms with Crippen LogP contribution >= 0.6 is 23.2 Å². The lowest BCUT2D eigenvalue weighted by Crippen LogP contribution is -2.07. The van der Waals surface area contributed by atoms with Crippen molar-refractivity contribution in [3.8, 4) is 11.4 Å². The van der Waals surface area contributed by atoms with Crippen molar-refractivity contribution in [2.24, 2.45) is 0 Å². The number of fused-ring (bicyclic) bond motifs is 1. The van der Waals surface area contributed by atoms with E-state index in [0.717, 1.165) is 16.6 Å². The molecule has 0 saturated carbocycles. The van der Waals surface area contributed by atoms with Crippen LogP contribution in [-0.2, 0) is 0 Å². The zero-order valence-corrected chi connectivity index (χ0v) is 11.6. The second-order valence-corrected chi connectivity index (χ2v) is 4.87. The molecule has 3 rings (SSSR count). The van der Waals surface area contributed by atoms with E-state index >= 15 is 0 Å². The molecule has 0 aliphatic heterocycles. The molecule has 96 valence electrons. The van der Waals surface area contributed by atoms with Crippen molar-refractivity contribution in [3.05, 3.63) is 52.5 Å². The molecule has 0 bridgehead atoms. The van der Waals surface area contributed by atoms with Crippen molar-refractivity contribution in [2.75, 3.05) is 7.11 Å². The minimum atomic E-state index is 0.627. The second kappa shape index (κ2) is 4.76. The smallest absolute Gasteiger partial charge is 0.178 e. The first-order valence-corrected chi connectivity index (χ1v) is 6.43. The van der Waals surface area contributed by atoms with Gasteiger partial charge < -0.3 is 4.84 Å². The van der Waals surface area contributed by atoms with Crippen LogP contribution in [0.1, 0.15) is 0 Å². The number of halogens is 2. The van der Waals surface area contributed by atoms with Crippen LogP contribution in [0.4, 0.5) is 0 Å². The van der Waals surface area contributed by atoms with Crippen LogP contribution in [0, 0.1) is 0 Å². The van der Waals surface area contributed by atoms with Crippen LogP contribution in [-0.4, -0.2) is 16.8 Å². The molecule has 0 aliphatic rings. The van der Waals surface area contributed by atoms with E-state index < -0.39 is 0 Å². The van der Waals surface area contributed by atoms with Gasteiger partial charge in [0.1, 0.15) is 12.6 Å². The van der Waals surface area contributed by atoms with Crippen LogP contribution in [0.3, 0.4) is 0 Å². The Balaban J connectivity index is 2.33. The van der Waals surface area contributed by atoms with Gasteiger partial charge in [-0.15, -0.1) is 0 Å². The zero-order valence-electron chi connectivity index (χ0n) is 10.1. The van der Waals surface area contributed by atoms with E-state index in [-0.39, 0.29) is 0 Å². The average molecular weight is 293 g/mol. The van der Waals surface area contributed by atoms with Crippen molar-refractivity contribution in [1.82, 2.24) is 9.71 Å². The number of hydrogen-bond donors (Lipinski definition) is 0. The molecule has 0 aliphatic carbocycles. The van der Waals surface area contributed by atoms with Gasteiger partial charge in [-0.2, -0.15) is 4.73 Å². The Morgan fingerprint density at radius 1 is 1.11 bits per heavy atom. The van der Waals surface area contributed by atoms with E-state index in [0.29, 0.717) is 15.9 Å². The molecule has 2 aromatic carbocycles. The van der Waals surface area contributed by atoms with Gasteiger partial charge in [-0.3, -0.25) is 0 Å². The summed E-state index contributed by atoms with van der Waals surface area (Å²) < 4.78 is 1.63. The second-order valence-electron chi connectivity index (χ2n) is 4.03. The lowest BCUT2D eigenvalue weighted by atomic mass is 10.2. The van der Waals surface area contributed by atoms with Crippen LogP contribution < -0.4 is 4.84 Å². The first kappa shape index (κ1) is 12.3. The first-order chi connectivity index (χ1) is 9.20. The molecule has 0 saturated heterocycles. The minimum absolute atomic E-state index is 0.627. The zero-order chi connectivity index (χ0) is 13.4. The summed E-state index contributed by atoms with van der Waals surface area (Å²) in [4.78, 5) is 9.95. The van der Waals surface area contributed by atoms with Gasteiger partial charge >= 0.3 is 0 Å². The van der Waals surface area contributed by atoms with E-state index in [1.807, 2.05) is 36.4 Å². The van der Waals surface area contributed by atoms with Gasteiger partial charge in [0, 0.05) is 10.6 Å². The third-order valence-corrected chi connectivity index (χ3v) is 3.44. The molecule has 0 spiro atoms. The number of benzene rings is 2. The molecular formula is C14H10Cl2N2O. The molecule has 1 aromatic heterocycles. The maximum atomic E-state index is 6.21. The van der Waals surface area contributed by atoms with Gasteiger partial charge in [0.05, 0.1) is 10.5 Å². The normalized spacial score (nSPS) is 10.9. The van der Waals surface area contributed by atoms with Crippen molar-refractivity contribution >= 4 is 34.2 Å². The van der Waals surface area contributed by atoms with Gasteiger partial charge in [-0.25, -0.2) is 4.98 Å². The van der Waals surface area contributed by atoms with E-state index in [4.69, 9.17) is 28.0 Å². The highest BCUT2D eigenvalue weighted by atomic mass is 35.5. The Kier molecular flexibility index (Phi) is 3.09. The first-order valence-electron chi connectivity index (χ1n) is 5.68. The van der Waals surface area contributed by atoms with Crippen LogP contribution in [0.2, 0.25) is 10.0 Å². The molecule has 0 fully saturated rings. The van der Waals surface area contributed by atoms with Crippen molar-refractivity contribution in [3.63, 3.8) is 0 Å². The summed E-state index contributed by atoms with van der Waals surface area (Å²) in [6.07, 6.45) is 0. The number of aromatic nitrogens is 2. The van der Waals surface area contributed by atoms with Crippen LogP contribution in [0.5, 0.6) is 0 Å². The fourth-order valence-corrected chi connectivity index (χ4v) is 2.41. The summed E-state index contributed by atoms with van der Waals surface area (Å²) in [7, 11) is 1.59. The van der Waals surface area contributed by atoms with E-state index in [1.54, 1.807) is 17.9 Å². The summed E-state index contributed by atoms with van der Waals surface area (Å²) in [6.45, 7) is 0. The quantitative estimate of drug-likeness (QED) is 0.712. The lowest BCUT2D eigenvalue weighted by molar-refractivity contribution is 0.182. The number of hydrogen-bond acceptors (Lipinski definition) is 2. The lowest BCUT2D eigenvalue weighted by Gasteiger charge is -2.07.